The molecule has 72 valence electrons. The van der Waals surface area contributed by atoms with Crippen LogP contribution in [0.3, 0.4) is 0 Å². The van der Waals surface area contributed by atoms with Gasteiger partial charge in [0.2, 0.25) is 0 Å². The van der Waals surface area contributed by atoms with Gasteiger partial charge in [0.25, 0.3) is 0 Å². The first-order chi connectivity index (χ1) is 6.11. The molecule has 0 aromatic heterocycles. The number of benzene rings is 1. The van der Waals surface area contributed by atoms with E-state index in [9.17, 15) is 8.60 Å². The lowest BCUT2D eigenvalue weighted by Gasteiger charge is -2.06. The van der Waals surface area contributed by atoms with E-state index in [-0.39, 0.29) is 11.7 Å². The number of hydrogen-bond donors (Lipinski definition) is 0. The van der Waals surface area contributed by atoms with E-state index in [0.717, 1.165) is 0 Å². The molecule has 0 fully saturated rings. The molecule has 0 aliphatic rings. The Bertz CT molecular complexity index is 310. The third-order valence-corrected chi connectivity index (χ3v) is 2.36. The van der Waals surface area contributed by atoms with Crippen molar-refractivity contribution in [3.63, 3.8) is 0 Å². The van der Waals surface area contributed by atoms with Gasteiger partial charge in [-0.2, -0.15) is 0 Å². The number of hydrogen-bond acceptors (Lipinski definition) is 2. The van der Waals surface area contributed by atoms with Crippen LogP contribution in [0.2, 0.25) is 0 Å². The van der Waals surface area contributed by atoms with Crippen LogP contribution in [0.25, 0.3) is 0 Å². The van der Waals surface area contributed by atoms with Crippen molar-refractivity contribution in [3.8, 4) is 5.75 Å². The summed E-state index contributed by atoms with van der Waals surface area (Å²) in [5, 5.41) is 0. The summed E-state index contributed by atoms with van der Waals surface area (Å²) >= 11 is 3.13. The largest absolute Gasteiger partial charge is 0.476 e. The average Bonchev–Trinajstić information content (AvgIpc) is 2.03. The number of para-hydroxylation sites is 1. The first-order valence-corrected chi connectivity index (χ1v) is 6.00. The summed E-state index contributed by atoms with van der Waals surface area (Å²) in [7, 11) is -1.09. The number of ether oxygens (including phenoxy) is 1. The molecule has 1 unspecified atom stereocenters. The Hall–Kier alpha value is -0.420. The van der Waals surface area contributed by atoms with Crippen molar-refractivity contribution in [1.82, 2.24) is 0 Å². The van der Waals surface area contributed by atoms with E-state index in [1.165, 1.54) is 12.3 Å². The molecule has 0 spiro atoms. The molecule has 1 aromatic rings. The van der Waals surface area contributed by atoms with Crippen LogP contribution >= 0.6 is 15.9 Å². The van der Waals surface area contributed by atoms with Gasteiger partial charge >= 0.3 is 0 Å². The molecular weight excluding hydrogens is 259 g/mol. The van der Waals surface area contributed by atoms with Gasteiger partial charge in [-0.05, 0) is 28.1 Å². The molecule has 0 bridgehead atoms. The van der Waals surface area contributed by atoms with Gasteiger partial charge in [-0.1, -0.05) is 6.07 Å². The van der Waals surface area contributed by atoms with Crippen molar-refractivity contribution in [3.05, 3.63) is 28.5 Å². The standard InChI is InChI=1S/C8H8BrFO2S/c1-13(11)5-12-8-6(9)3-2-4-7(8)10/h2-4H,5H2,1H3. The van der Waals surface area contributed by atoms with Gasteiger partial charge in [0.1, 0.15) is 0 Å². The third kappa shape index (κ3) is 3.08. The van der Waals surface area contributed by atoms with Crippen molar-refractivity contribution in [2.75, 3.05) is 12.2 Å². The normalized spacial score (nSPS) is 12.5. The minimum absolute atomic E-state index is 0.000463. The summed E-state index contributed by atoms with van der Waals surface area (Å²) in [6.45, 7) is 0. The molecule has 0 N–H and O–H groups in total. The van der Waals surface area contributed by atoms with E-state index in [1.807, 2.05) is 0 Å². The minimum atomic E-state index is -1.09. The van der Waals surface area contributed by atoms with Crippen molar-refractivity contribution < 1.29 is 13.3 Å². The predicted octanol–water partition coefficient (Wildman–Crippen LogP) is 2.30. The quantitative estimate of drug-likeness (QED) is 0.840. The molecule has 0 saturated carbocycles. The minimum Gasteiger partial charge on any atom is -0.476 e. The van der Waals surface area contributed by atoms with Gasteiger partial charge in [-0.15, -0.1) is 0 Å². The lowest BCUT2D eigenvalue weighted by atomic mass is 10.3. The highest BCUT2D eigenvalue weighted by Gasteiger charge is 2.07. The lowest BCUT2D eigenvalue weighted by molar-refractivity contribution is 0.360. The van der Waals surface area contributed by atoms with Crippen LogP contribution in [0.4, 0.5) is 4.39 Å². The predicted molar refractivity (Wildman–Crippen MR) is 53.7 cm³/mol. The molecule has 1 atom stereocenters. The first kappa shape index (κ1) is 10.7. The van der Waals surface area contributed by atoms with E-state index in [4.69, 9.17) is 4.74 Å². The van der Waals surface area contributed by atoms with Crippen LogP contribution in [0.1, 0.15) is 0 Å². The zero-order chi connectivity index (χ0) is 9.84. The van der Waals surface area contributed by atoms with Gasteiger partial charge in [-0.25, -0.2) is 4.39 Å². The molecule has 5 heteroatoms. The highest BCUT2D eigenvalue weighted by Crippen LogP contribution is 2.27. The molecule has 1 rings (SSSR count). The Morgan fingerprint density at radius 1 is 1.62 bits per heavy atom. The molecule has 0 heterocycles. The monoisotopic (exact) mass is 266 g/mol. The second-order valence-corrected chi connectivity index (χ2v) is 4.62. The Balaban J connectivity index is 2.81. The third-order valence-electron chi connectivity index (χ3n) is 1.29. The first-order valence-electron chi connectivity index (χ1n) is 3.48. The van der Waals surface area contributed by atoms with Crippen molar-refractivity contribution in [1.29, 1.82) is 0 Å². The van der Waals surface area contributed by atoms with Crippen molar-refractivity contribution >= 4 is 26.7 Å². The smallest absolute Gasteiger partial charge is 0.170 e. The number of rotatable bonds is 3. The second kappa shape index (κ2) is 4.72. The lowest BCUT2D eigenvalue weighted by Crippen LogP contribution is -2.04. The zero-order valence-electron chi connectivity index (χ0n) is 6.92. The van der Waals surface area contributed by atoms with Crippen molar-refractivity contribution in [2.45, 2.75) is 0 Å². The van der Waals surface area contributed by atoms with Crippen LogP contribution in [-0.4, -0.2) is 16.4 Å². The molecule has 0 radical (unpaired) electrons. The average molecular weight is 267 g/mol. The summed E-state index contributed by atoms with van der Waals surface area (Å²) in [6.07, 6.45) is 1.49. The second-order valence-electron chi connectivity index (χ2n) is 2.39. The maximum Gasteiger partial charge on any atom is 0.170 e. The molecule has 0 aliphatic carbocycles. The van der Waals surface area contributed by atoms with E-state index in [0.29, 0.717) is 4.47 Å². The summed E-state index contributed by atoms with van der Waals surface area (Å²) in [5.74, 6) is -0.350. The highest BCUT2D eigenvalue weighted by atomic mass is 79.9. The van der Waals surface area contributed by atoms with E-state index in [2.05, 4.69) is 15.9 Å². The zero-order valence-corrected chi connectivity index (χ0v) is 9.32. The summed E-state index contributed by atoms with van der Waals surface area (Å²) in [6, 6.07) is 4.52. The summed E-state index contributed by atoms with van der Waals surface area (Å²) < 4.78 is 29.3. The van der Waals surface area contributed by atoms with Crippen molar-refractivity contribution in [2.24, 2.45) is 0 Å². The van der Waals surface area contributed by atoms with Gasteiger partial charge in [0.15, 0.2) is 17.5 Å². The van der Waals surface area contributed by atoms with E-state index in [1.54, 1.807) is 12.1 Å². The number of halogens is 2. The summed E-state index contributed by atoms with van der Waals surface area (Å²) in [5.41, 5.74) is 0. The fraction of sp³-hybridized carbons (Fsp3) is 0.250. The highest BCUT2D eigenvalue weighted by molar-refractivity contribution is 9.10. The topological polar surface area (TPSA) is 26.3 Å². The fourth-order valence-electron chi connectivity index (χ4n) is 0.762. The van der Waals surface area contributed by atoms with Crippen LogP contribution in [0.15, 0.2) is 22.7 Å². The molecule has 0 aliphatic heterocycles. The SMILES string of the molecule is CS(=O)COc1c(F)cccc1Br. The molecule has 1 aromatic carbocycles. The van der Waals surface area contributed by atoms with Gasteiger partial charge in [-0.3, -0.25) is 4.21 Å². The molecule has 2 nitrogen and oxygen atoms in total. The maximum absolute atomic E-state index is 13.0. The Morgan fingerprint density at radius 3 is 2.85 bits per heavy atom. The van der Waals surface area contributed by atoms with E-state index >= 15 is 0 Å². The van der Waals surface area contributed by atoms with Gasteiger partial charge in [0.05, 0.1) is 15.3 Å². The molecule has 0 saturated heterocycles. The van der Waals surface area contributed by atoms with Crippen LogP contribution in [-0.2, 0) is 10.8 Å². The Labute approximate surface area is 86.7 Å². The summed E-state index contributed by atoms with van der Waals surface area (Å²) in [4.78, 5) is 0. The Morgan fingerprint density at radius 2 is 2.31 bits per heavy atom. The van der Waals surface area contributed by atoms with Crippen LogP contribution in [0.5, 0.6) is 5.75 Å². The van der Waals surface area contributed by atoms with Crippen LogP contribution in [0, 0.1) is 5.82 Å². The van der Waals surface area contributed by atoms with Crippen LogP contribution < -0.4 is 4.74 Å². The fourth-order valence-corrected chi connectivity index (χ4v) is 1.50. The maximum atomic E-state index is 13.0. The molecule has 0 amide bonds. The molecule has 13 heavy (non-hydrogen) atoms. The Kier molecular flexibility index (Phi) is 3.87. The van der Waals surface area contributed by atoms with Gasteiger partial charge in [0, 0.05) is 6.26 Å². The van der Waals surface area contributed by atoms with Gasteiger partial charge < -0.3 is 4.74 Å². The van der Waals surface area contributed by atoms with E-state index < -0.39 is 16.6 Å². The molecular formula is C8H8BrFO2S.